The summed E-state index contributed by atoms with van der Waals surface area (Å²) < 4.78 is 0. The number of hydrogen-bond donors (Lipinski definition) is 2. The summed E-state index contributed by atoms with van der Waals surface area (Å²) in [6.45, 7) is 4.74. The molecule has 0 radical (unpaired) electrons. The molecule has 1 heterocycles. The van der Waals surface area contributed by atoms with Crippen LogP contribution in [0, 0.1) is 23.2 Å². The zero-order valence-corrected chi connectivity index (χ0v) is 11.5. The van der Waals surface area contributed by atoms with E-state index < -0.39 is 18.1 Å². The minimum Gasteiger partial charge on any atom is -0.480 e. The van der Waals surface area contributed by atoms with Gasteiger partial charge < -0.3 is 15.7 Å². The molecule has 1 saturated heterocycles. The standard InChI is InChI=1S/C14H22N2O3/c1-14(2)8-6-16(11(10(8)14)13(18)19)12(17)9(15)5-7-3-4-7/h7-11H,3-6,15H2,1-2H3,(H,18,19)/t8-,9-,10-,11-/m0/s1. The zero-order chi connectivity index (χ0) is 13.9. The second-order valence-corrected chi connectivity index (χ2v) is 7.01. The van der Waals surface area contributed by atoms with Gasteiger partial charge in [0.15, 0.2) is 0 Å². The molecule has 19 heavy (non-hydrogen) atoms. The van der Waals surface area contributed by atoms with Crippen LogP contribution < -0.4 is 5.73 Å². The van der Waals surface area contributed by atoms with E-state index in [1.54, 1.807) is 0 Å². The Kier molecular flexibility index (Phi) is 2.68. The molecule has 2 saturated carbocycles. The number of likely N-dealkylation sites (tertiary alicyclic amines) is 1. The van der Waals surface area contributed by atoms with Gasteiger partial charge >= 0.3 is 5.97 Å². The predicted molar refractivity (Wildman–Crippen MR) is 69.2 cm³/mol. The van der Waals surface area contributed by atoms with Crippen molar-refractivity contribution in [3.8, 4) is 0 Å². The van der Waals surface area contributed by atoms with Crippen LogP contribution in [0.4, 0.5) is 0 Å². The maximum atomic E-state index is 12.3. The molecule has 106 valence electrons. The number of carbonyl (C=O) groups is 2. The lowest BCUT2D eigenvalue weighted by atomic mass is 10.00. The number of carbonyl (C=O) groups excluding carboxylic acids is 1. The first-order valence-corrected chi connectivity index (χ1v) is 7.13. The van der Waals surface area contributed by atoms with Crippen LogP contribution in [-0.2, 0) is 9.59 Å². The Morgan fingerprint density at radius 3 is 2.58 bits per heavy atom. The van der Waals surface area contributed by atoms with Crippen molar-refractivity contribution in [3.63, 3.8) is 0 Å². The normalized spacial score (nSPS) is 36.8. The minimum atomic E-state index is -0.884. The largest absolute Gasteiger partial charge is 0.480 e. The Morgan fingerprint density at radius 1 is 1.42 bits per heavy atom. The van der Waals surface area contributed by atoms with E-state index in [0.29, 0.717) is 24.8 Å². The second-order valence-electron chi connectivity index (χ2n) is 7.01. The maximum absolute atomic E-state index is 12.3. The monoisotopic (exact) mass is 266 g/mol. The van der Waals surface area contributed by atoms with E-state index in [4.69, 9.17) is 5.73 Å². The van der Waals surface area contributed by atoms with Gasteiger partial charge in [-0.1, -0.05) is 26.7 Å². The van der Waals surface area contributed by atoms with Crippen molar-refractivity contribution < 1.29 is 14.7 Å². The molecule has 5 heteroatoms. The first-order valence-electron chi connectivity index (χ1n) is 7.13. The Bertz CT molecular complexity index is 430. The van der Waals surface area contributed by atoms with Crippen LogP contribution >= 0.6 is 0 Å². The fraction of sp³-hybridized carbons (Fsp3) is 0.857. The maximum Gasteiger partial charge on any atom is 0.326 e. The van der Waals surface area contributed by atoms with E-state index in [9.17, 15) is 14.7 Å². The summed E-state index contributed by atoms with van der Waals surface area (Å²) in [5.74, 6) is -0.0455. The topological polar surface area (TPSA) is 83.6 Å². The van der Waals surface area contributed by atoms with E-state index in [2.05, 4.69) is 13.8 Å². The molecule has 2 aliphatic carbocycles. The van der Waals surface area contributed by atoms with Crippen LogP contribution in [0.1, 0.15) is 33.1 Å². The number of hydrogen-bond acceptors (Lipinski definition) is 3. The summed E-state index contributed by atoms with van der Waals surface area (Å²) in [5, 5.41) is 9.40. The highest BCUT2D eigenvalue weighted by molar-refractivity contribution is 5.88. The summed E-state index contributed by atoms with van der Waals surface area (Å²) >= 11 is 0. The van der Waals surface area contributed by atoms with Crippen LogP contribution in [0.3, 0.4) is 0 Å². The molecule has 4 atom stereocenters. The molecule has 3 N–H and O–H groups in total. The van der Waals surface area contributed by atoms with Crippen molar-refractivity contribution in [2.24, 2.45) is 28.9 Å². The summed E-state index contributed by atoms with van der Waals surface area (Å²) in [7, 11) is 0. The van der Waals surface area contributed by atoms with Crippen LogP contribution in [-0.4, -0.2) is 40.5 Å². The molecule has 1 amide bonds. The lowest BCUT2D eigenvalue weighted by Crippen LogP contribution is -2.51. The molecule has 1 aliphatic heterocycles. The van der Waals surface area contributed by atoms with Gasteiger partial charge in [0.25, 0.3) is 0 Å². The number of carboxylic acids is 1. The van der Waals surface area contributed by atoms with Gasteiger partial charge in [-0.25, -0.2) is 4.79 Å². The van der Waals surface area contributed by atoms with Crippen LogP contribution in [0.25, 0.3) is 0 Å². The van der Waals surface area contributed by atoms with Crippen molar-refractivity contribution in [3.05, 3.63) is 0 Å². The molecule has 0 aromatic rings. The van der Waals surface area contributed by atoms with Crippen molar-refractivity contribution in [1.29, 1.82) is 0 Å². The molecule has 0 spiro atoms. The molecule has 0 unspecified atom stereocenters. The Hall–Kier alpha value is -1.10. The molecular formula is C14H22N2O3. The van der Waals surface area contributed by atoms with E-state index in [1.807, 2.05) is 0 Å². The number of aliphatic carboxylic acids is 1. The van der Waals surface area contributed by atoms with Crippen LogP contribution in [0.15, 0.2) is 0 Å². The molecule has 0 aromatic carbocycles. The SMILES string of the molecule is CC1(C)[C@@H]2[C@@H](C(=O)O)N(C(=O)[C@@H](N)CC3CC3)C[C@@H]21. The number of nitrogens with two attached hydrogens (primary N) is 1. The lowest BCUT2D eigenvalue weighted by molar-refractivity contribution is -0.150. The summed E-state index contributed by atoms with van der Waals surface area (Å²) in [5.41, 5.74) is 6.00. The van der Waals surface area contributed by atoms with Gasteiger partial charge in [0.2, 0.25) is 5.91 Å². The number of piperidine rings is 1. The summed E-state index contributed by atoms with van der Waals surface area (Å²) in [6, 6.07) is -1.19. The highest BCUT2D eigenvalue weighted by atomic mass is 16.4. The first kappa shape index (κ1) is 12.9. The van der Waals surface area contributed by atoms with E-state index in [1.165, 1.54) is 4.90 Å². The van der Waals surface area contributed by atoms with Crippen molar-refractivity contribution in [1.82, 2.24) is 4.90 Å². The minimum absolute atomic E-state index is 0.0560. The quantitative estimate of drug-likeness (QED) is 0.784. The molecular weight excluding hydrogens is 244 g/mol. The van der Waals surface area contributed by atoms with Crippen LogP contribution in [0.2, 0.25) is 0 Å². The average Bonchev–Trinajstić information content (AvgIpc) is 3.15. The number of fused-ring (bicyclic) bond motifs is 1. The highest BCUT2D eigenvalue weighted by Crippen LogP contribution is 2.64. The van der Waals surface area contributed by atoms with E-state index in [-0.39, 0.29) is 17.2 Å². The smallest absolute Gasteiger partial charge is 0.326 e. The van der Waals surface area contributed by atoms with Gasteiger partial charge in [-0.15, -0.1) is 0 Å². The third-order valence-electron chi connectivity index (χ3n) is 5.35. The van der Waals surface area contributed by atoms with Crippen molar-refractivity contribution >= 4 is 11.9 Å². The lowest BCUT2D eigenvalue weighted by Gasteiger charge is -2.30. The number of nitrogens with zero attached hydrogens (tertiary/aromatic N) is 1. The summed E-state index contributed by atoms with van der Waals surface area (Å²) in [6.07, 6.45) is 3.02. The molecule has 3 rings (SSSR count). The average molecular weight is 266 g/mol. The zero-order valence-electron chi connectivity index (χ0n) is 11.5. The fourth-order valence-corrected chi connectivity index (χ4v) is 3.82. The molecule has 3 aliphatic rings. The van der Waals surface area contributed by atoms with Crippen molar-refractivity contribution in [2.45, 2.75) is 45.2 Å². The first-order chi connectivity index (χ1) is 8.84. The van der Waals surface area contributed by atoms with Gasteiger partial charge in [-0.2, -0.15) is 0 Å². The highest BCUT2D eigenvalue weighted by Gasteiger charge is 2.69. The number of carboxylic acid groups (broad SMARTS) is 1. The summed E-state index contributed by atoms with van der Waals surface area (Å²) in [4.78, 5) is 25.3. The second kappa shape index (κ2) is 3.95. The van der Waals surface area contributed by atoms with Crippen molar-refractivity contribution in [2.75, 3.05) is 6.54 Å². The predicted octanol–water partition coefficient (Wildman–Crippen LogP) is 0.681. The molecule has 0 bridgehead atoms. The van der Waals surface area contributed by atoms with E-state index in [0.717, 1.165) is 12.8 Å². The van der Waals surface area contributed by atoms with Gasteiger partial charge in [-0.3, -0.25) is 4.79 Å². The van der Waals surface area contributed by atoms with Gasteiger partial charge in [0, 0.05) is 12.5 Å². The number of rotatable bonds is 4. The molecule has 3 fully saturated rings. The Labute approximate surface area is 113 Å². The Balaban J connectivity index is 1.70. The molecule has 5 nitrogen and oxygen atoms in total. The molecule has 0 aromatic heterocycles. The van der Waals surface area contributed by atoms with E-state index >= 15 is 0 Å². The third-order valence-corrected chi connectivity index (χ3v) is 5.35. The Morgan fingerprint density at radius 2 is 2.05 bits per heavy atom. The van der Waals surface area contributed by atoms with Gasteiger partial charge in [0.1, 0.15) is 6.04 Å². The van der Waals surface area contributed by atoms with Crippen LogP contribution in [0.5, 0.6) is 0 Å². The number of amides is 1. The third kappa shape index (κ3) is 1.95. The fourth-order valence-electron chi connectivity index (χ4n) is 3.82. The van der Waals surface area contributed by atoms with Gasteiger partial charge in [0.05, 0.1) is 6.04 Å². The van der Waals surface area contributed by atoms with Gasteiger partial charge in [-0.05, 0) is 23.7 Å².